The van der Waals surface area contributed by atoms with E-state index in [-0.39, 0.29) is 22.9 Å². The molecule has 1 aliphatic rings. The summed E-state index contributed by atoms with van der Waals surface area (Å²) in [6, 6.07) is 4.10. The normalized spacial score (nSPS) is 15.1. The van der Waals surface area contributed by atoms with Crippen LogP contribution in [0.1, 0.15) is 10.4 Å². The first kappa shape index (κ1) is 14.6. The zero-order valence-electron chi connectivity index (χ0n) is 11.0. The smallest absolute Gasteiger partial charge is 0.312 e. The summed E-state index contributed by atoms with van der Waals surface area (Å²) in [4.78, 5) is 31.4. The van der Waals surface area contributed by atoms with Crippen molar-refractivity contribution < 1.29 is 19.5 Å². The summed E-state index contributed by atoms with van der Waals surface area (Å²) in [5.41, 5.74) is 8.69. The van der Waals surface area contributed by atoms with Crippen molar-refractivity contribution in [2.45, 2.75) is 0 Å². The van der Waals surface area contributed by atoms with E-state index >= 15 is 0 Å². The van der Waals surface area contributed by atoms with Crippen molar-refractivity contribution in [3.05, 3.63) is 34.2 Å². The van der Waals surface area contributed by atoms with Gasteiger partial charge in [0.15, 0.2) is 0 Å². The maximum atomic E-state index is 12.3. The summed E-state index contributed by atoms with van der Waals surface area (Å²) >= 11 is 0. The second kappa shape index (κ2) is 6.60. The van der Waals surface area contributed by atoms with Gasteiger partial charge >= 0.3 is 6.47 Å². The lowest BCUT2D eigenvalue weighted by atomic mass is 10.1. The average Bonchev–Trinajstić information content (AvgIpc) is 2.48. The molecule has 1 amide bonds. The van der Waals surface area contributed by atoms with Gasteiger partial charge in [0.25, 0.3) is 5.91 Å². The lowest BCUT2D eigenvalue weighted by Crippen LogP contribution is -2.48. The third kappa shape index (κ3) is 3.41. The molecule has 110 valence electrons. The molecule has 9 heteroatoms. The van der Waals surface area contributed by atoms with Crippen molar-refractivity contribution in [2.24, 2.45) is 5.11 Å². The van der Waals surface area contributed by atoms with E-state index in [0.29, 0.717) is 32.7 Å². The number of azide groups is 1. The fraction of sp³-hybridized carbons (Fsp3) is 0.333. The number of piperazine rings is 1. The van der Waals surface area contributed by atoms with Crippen LogP contribution >= 0.6 is 0 Å². The highest BCUT2D eigenvalue weighted by molar-refractivity contribution is 5.97. The van der Waals surface area contributed by atoms with Crippen molar-refractivity contribution in [3.63, 3.8) is 0 Å². The molecule has 1 aromatic carbocycles. The molecule has 1 aliphatic heterocycles. The Hall–Kier alpha value is -2.77. The van der Waals surface area contributed by atoms with E-state index in [4.69, 9.17) is 10.4 Å². The van der Waals surface area contributed by atoms with Gasteiger partial charge in [-0.2, -0.15) is 0 Å². The topological polar surface area (TPSA) is 119 Å². The van der Waals surface area contributed by atoms with Crippen molar-refractivity contribution in [2.75, 3.05) is 26.2 Å². The largest absolute Gasteiger partial charge is 0.507 e. The van der Waals surface area contributed by atoms with Gasteiger partial charge in [0, 0.05) is 23.7 Å². The summed E-state index contributed by atoms with van der Waals surface area (Å²) in [5, 5.41) is 14.7. The number of aromatic hydroxyl groups is 1. The minimum absolute atomic E-state index is 0.136. The zero-order chi connectivity index (χ0) is 15.2. The highest BCUT2D eigenvalue weighted by Gasteiger charge is 2.24. The molecule has 9 nitrogen and oxygen atoms in total. The predicted molar refractivity (Wildman–Crippen MR) is 71.5 cm³/mol. The minimum atomic E-state index is -0.328. The molecule has 1 N–H and O–H groups in total. The number of carbonyl (C=O) groups excluding carboxylic acids is 2. The molecule has 2 rings (SSSR count). The van der Waals surface area contributed by atoms with E-state index in [0.717, 1.165) is 0 Å². The molecule has 0 radical (unpaired) electrons. The Morgan fingerprint density at radius 2 is 2.10 bits per heavy atom. The lowest BCUT2D eigenvalue weighted by Gasteiger charge is -2.32. The number of hydroxylamine groups is 2. The SMILES string of the molecule is [N-]=[N+]=Nc1ccc(C(=O)N2CCN(OC=O)CC2)c(O)c1. The van der Waals surface area contributed by atoms with Gasteiger partial charge in [0.05, 0.1) is 18.7 Å². The number of nitrogens with zero attached hydrogens (tertiary/aromatic N) is 5. The maximum absolute atomic E-state index is 12.3. The van der Waals surface area contributed by atoms with Crippen molar-refractivity contribution in [3.8, 4) is 5.75 Å². The van der Waals surface area contributed by atoms with Crippen LogP contribution in [0.5, 0.6) is 5.75 Å². The fourth-order valence-electron chi connectivity index (χ4n) is 2.04. The van der Waals surface area contributed by atoms with E-state index in [2.05, 4.69) is 10.0 Å². The van der Waals surface area contributed by atoms with Gasteiger partial charge in [-0.05, 0) is 17.7 Å². The quantitative estimate of drug-likeness (QED) is 0.386. The van der Waals surface area contributed by atoms with Crippen LogP contribution in [-0.4, -0.2) is 53.6 Å². The monoisotopic (exact) mass is 291 g/mol. The van der Waals surface area contributed by atoms with Crippen LogP contribution in [0.25, 0.3) is 10.4 Å². The van der Waals surface area contributed by atoms with Gasteiger partial charge in [-0.25, -0.2) is 0 Å². The van der Waals surface area contributed by atoms with Crippen LogP contribution < -0.4 is 0 Å². The number of phenols is 1. The van der Waals surface area contributed by atoms with Crippen LogP contribution in [0.15, 0.2) is 23.3 Å². The number of rotatable bonds is 4. The lowest BCUT2D eigenvalue weighted by molar-refractivity contribution is -0.179. The van der Waals surface area contributed by atoms with E-state index in [9.17, 15) is 14.7 Å². The molecule has 0 aliphatic carbocycles. The molecule has 1 fully saturated rings. The van der Waals surface area contributed by atoms with Gasteiger partial charge in [-0.1, -0.05) is 11.2 Å². The Balaban J connectivity index is 2.07. The van der Waals surface area contributed by atoms with Gasteiger partial charge in [-0.3, -0.25) is 9.59 Å². The van der Waals surface area contributed by atoms with Crippen molar-refractivity contribution in [1.29, 1.82) is 0 Å². The first-order valence-electron chi connectivity index (χ1n) is 6.18. The van der Waals surface area contributed by atoms with E-state index < -0.39 is 0 Å². The number of hydrogen-bond acceptors (Lipinski definition) is 6. The van der Waals surface area contributed by atoms with Crippen LogP contribution in [0.3, 0.4) is 0 Å². The molecule has 1 saturated heterocycles. The van der Waals surface area contributed by atoms with Gasteiger partial charge < -0.3 is 14.8 Å². The van der Waals surface area contributed by atoms with E-state index in [1.54, 1.807) is 4.90 Å². The number of amides is 1. The van der Waals surface area contributed by atoms with Gasteiger partial charge in [-0.15, -0.1) is 5.06 Å². The summed E-state index contributed by atoms with van der Waals surface area (Å²) < 4.78 is 0. The van der Waals surface area contributed by atoms with E-state index in [1.807, 2.05) is 0 Å². The molecule has 0 bridgehead atoms. The van der Waals surface area contributed by atoms with Crippen molar-refractivity contribution in [1.82, 2.24) is 9.96 Å². The second-order valence-electron chi connectivity index (χ2n) is 4.31. The van der Waals surface area contributed by atoms with Gasteiger partial charge in [0.1, 0.15) is 5.75 Å². The molecule has 0 saturated carbocycles. The summed E-state index contributed by atoms with van der Waals surface area (Å²) in [5.74, 6) is -0.567. The zero-order valence-corrected chi connectivity index (χ0v) is 11.0. The summed E-state index contributed by atoms with van der Waals surface area (Å²) in [7, 11) is 0. The standard InChI is InChI=1S/C12H13N5O4/c13-15-14-9-1-2-10(11(19)7-9)12(20)16-3-5-17(6-4-16)21-8-18/h1-2,7-8,19H,3-6H2. The molecule has 0 unspecified atom stereocenters. The Morgan fingerprint density at radius 3 is 2.67 bits per heavy atom. The Kier molecular flexibility index (Phi) is 4.60. The molecule has 0 atom stereocenters. The molecule has 21 heavy (non-hydrogen) atoms. The van der Waals surface area contributed by atoms with Gasteiger partial charge in [0.2, 0.25) is 0 Å². The third-order valence-electron chi connectivity index (χ3n) is 3.09. The summed E-state index contributed by atoms with van der Waals surface area (Å²) in [6.45, 7) is 1.91. The molecule has 0 spiro atoms. The minimum Gasteiger partial charge on any atom is -0.507 e. The van der Waals surface area contributed by atoms with Crippen LogP contribution in [-0.2, 0) is 9.63 Å². The molecule has 1 aromatic rings. The number of hydrogen-bond donors (Lipinski definition) is 1. The first-order chi connectivity index (χ1) is 10.2. The number of carbonyl (C=O) groups is 2. The predicted octanol–water partition coefficient (Wildman–Crippen LogP) is 1.18. The molecular weight excluding hydrogens is 278 g/mol. The van der Waals surface area contributed by atoms with E-state index in [1.165, 1.54) is 23.3 Å². The Bertz CT molecular complexity index is 591. The summed E-state index contributed by atoms with van der Waals surface area (Å²) in [6.07, 6.45) is 0. The first-order valence-corrected chi connectivity index (χ1v) is 6.18. The Labute approximate surface area is 119 Å². The molecular formula is C12H13N5O4. The van der Waals surface area contributed by atoms with Crippen LogP contribution in [0, 0.1) is 0 Å². The van der Waals surface area contributed by atoms with Crippen molar-refractivity contribution >= 4 is 18.1 Å². The Morgan fingerprint density at radius 1 is 1.38 bits per heavy atom. The highest BCUT2D eigenvalue weighted by atomic mass is 16.7. The average molecular weight is 291 g/mol. The highest BCUT2D eigenvalue weighted by Crippen LogP contribution is 2.25. The maximum Gasteiger partial charge on any atom is 0.312 e. The molecule has 1 heterocycles. The molecule has 0 aromatic heterocycles. The number of phenolic OH excluding ortho intramolecular Hbond substituents is 1. The second-order valence-corrected chi connectivity index (χ2v) is 4.31. The van der Waals surface area contributed by atoms with Crippen LogP contribution in [0.4, 0.5) is 5.69 Å². The van der Waals surface area contributed by atoms with Crippen LogP contribution in [0.2, 0.25) is 0 Å². The number of benzene rings is 1. The fourth-order valence-corrected chi connectivity index (χ4v) is 2.04. The third-order valence-corrected chi connectivity index (χ3v) is 3.09.